The average Bonchev–Trinajstić information content (AvgIpc) is 3.18. The lowest BCUT2D eigenvalue weighted by atomic mass is 10.2. The summed E-state index contributed by atoms with van der Waals surface area (Å²) in [5.74, 6) is 0.382. The van der Waals surface area contributed by atoms with Crippen LogP contribution in [0.4, 0.5) is 0 Å². The summed E-state index contributed by atoms with van der Waals surface area (Å²) in [6.07, 6.45) is 3.71. The molecule has 33 heavy (non-hydrogen) atoms. The molecule has 1 aromatic heterocycles. The Hall–Kier alpha value is -2.49. The van der Waals surface area contributed by atoms with E-state index in [0.717, 1.165) is 41.6 Å². The van der Waals surface area contributed by atoms with Crippen LogP contribution in [0.15, 0.2) is 52.4 Å². The van der Waals surface area contributed by atoms with Crippen molar-refractivity contribution in [3.63, 3.8) is 0 Å². The van der Waals surface area contributed by atoms with E-state index in [2.05, 4.69) is 11.9 Å². The summed E-state index contributed by atoms with van der Waals surface area (Å²) in [7, 11) is -3.53. The van der Waals surface area contributed by atoms with Gasteiger partial charge in [-0.3, -0.25) is 4.79 Å². The SMILES string of the molecule is CCCn1c(=NC(=O)c2ccc(S(=O)(=O)N3CCCCC3)cc2)sc2cccc(OCC)c21. The summed E-state index contributed by atoms with van der Waals surface area (Å²) in [5, 5.41) is 0. The molecule has 0 aliphatic carbocycles. The summed E-state index contributed by atoms with van der Waals surface area (Å²) in [6.45, 7) is 6.38. The van der Waals surface area contributed by atoms with E-state index in [1.165, 1.54) is 27.8 Å². The van der Waals surface area contributed by atoms with Crippen molar-refractivity contribution >= 4 is 37.5 Å². The van der Waals surface area contributed by atoms with Crippen LogP contribution < -0.4 is 9.54 Å². The number of hydrogen-bond acceptors (Lipinski definition) is 5. The first-order chi connectivity index (χ1) is 16.0. The molecule has 1 aliphatic heterocycles. The Morgan fingerprint density at radius 2 is 1.79 bits per heavy atom. The molecule has 3 aromatic rings. The quantitative estimate of drug-likeness (QED) is 0.494. The number of rotatable bonds is 7. The second-order valence-corrected chi connectivity index (χ2v) is 10.9. The fourth-order valence-electron chi connectivity index (χ4n) is 4.06. The van der Waals surface area contributed by atoms with Crippen molar-refractivity contribution in [2.75, 3.05) is 19.7 Å². The summed E-state index contributed by atoms with van der Waals surface area (Å²) in [5.41, 5.74) is 1.30. The summed E-state index contributed by atoms with van der Waals surface area (Å²) < 4.78 is 36.1. The molecule has 1 aliphatic rings. The lowest BCUT2D eigenvalue weighted by Gasteiger charge is -2.25. The number of sulfonamides is 1. The van der Waals surface area contributed by atoms with Gasteiger partial charge in [0.1, 0.15) is 11.3 Å². The van der Waals surface area contributed by atoms with Crippen LogP contribution in [0, 0.1) is 0 Å². The predicted molar refractivity (Wildman–Crippen MR) is 130 cm³/mol. The van der Waals surface area contributed by atoms with E-state index >= 15 is 0 Å². The van der Waals surface area contributed by atoms with E-state index in [9.17, 15) is 13.2 Å². The maximum atomic E-state index is 13.0. The fraction of sp³-hybridized carbons (Fsp3) is 0.417. The van der Waals surface area contributed by atoms with Gasteiger partial charge in [0.05, 0.1) is 16.2 Å². The van der Waals surface area contributed by atoms with Gasteiger partial charge in [0.25, 0.3) is 5.91 Å². The van der Waals surface area contributed by atoms with Gasteiger partial charge < -0.3 is 9.30 Å². The number of nitrogens with zero attached hydrogens (tertiary/aromatic N) is 3. The third-order valence-electron chi connectivity index (χ3n) is 5.66. The maximum Gasteiger partial charge on any atom is 0.279 e. The van der Waals surface area contributed by atoms with E-state index < -0.39 is 15.9 Å². The molecule has 7 nitrogen and oxygen atoms in total. The molecule has 0 N–H and O–H groups in total. The number of fused-ring (bicyclic) bond motifs is 1. The fourth-order valence-corrected chi connectivity index (χ4v) is 6.65. The van der Waals surface area contributed by atoms with Crippen LogP contribution in [-0.4, -0.2) is 42.9 Å². The molecule has 0 radical (unpaired) electrons. The first-order valence-corrected chi connectivity index (χ1v) is 13.7. The van der Waals surface area contributed by atoms with Gasteiger partial charge >= 0.3 is 0 Å². The zero-order valence-electron chi connectivity index (χ0n) is 19.0. The largest absolute Gasteiger partial charge is 0.492 e. The van der Waals surface area contributed by atoms with Gasteiger partial charge in [0.15, 0.2) is 4.80 Å². The molecule has 0 saturated carbocycles. The predicted octanol–water partition coefficient (Wildman–Crippen LogP) is 4.43. The number of carbonyl (C=O) groups is 1. The van der Waals surface area contributed by atoms with E-state index in [1.54, 1.807) is 12.1 Å². The van der Waals surface area contributed by atoms with Crippen molar-refractivity contribution in [1.82, 2.24) is 8.87 Å². The molecule has 9 heteroatoms. The number of piperidine rings is 1. The molecule has 2 heterocycles. The highest BCUT2D eigenvalue weighted by atomic mass is 32.2. The van der Waals surface area contributed by atoms with Crippen LogP contribution in [0.5, 0.6) is 5.75 Å². The molecule has 0 bridgehead atoms. The Kier molecular flexibility index (Phi) is 7.31. The molecule has 1 saturated heterocycles. The first-order valence-electron chi connectivity index (χ1n) is 11.4. The van der Waals surface area contributed by atoms with E-state index in [4.69, 9.17) is 4.74 Å². The lowest BCUT2D eigenvalue weighted by Crippen LogP contribution is -2.35. The number of aryl methyl sites for hydroxylation is 1. The number of amides is 1. The van der Waals surface area contributed by atoms with Gasteiger partial charge in [0, 0.05) is 25.2 Å². The molecule has 0 atom stereocenters. The topological polar surface area (TPSA) is 81.0 Å². The second kappa shape index (κ2) is 10.2. The lowest BCUT2D eigenvalue weighted by molar-refractivity contribution is 0.0997. The van der Waals surface area contributed by atoms with Crippen LogP contribution >= 0.6 is 11.3 Å². The highest BCUT2D eigenvalue weighted by Crippen LogP contribution is 2.28. The zero-order valence-corrected chi connectivity index (χ0v) is 20.6. The van der Waals surface area contributed by atoms with Crippen LogP contribution in [0.25, 0.3) is 10.2 Å². The third kappa shape index (κ3) is 4.90. The van der Waals surface area contributed by atoms with Gasteiger partial charge in [-0.1, -0.05) is 30.7 Å². The monoisotopic (exact) mass is 487 g/mol. The van der Waals surface area contributed by atoms with Gasteiger partial charge in [0.2, 0.25) is 10.0 Å². The number of para-hydroxylation sites is 1. The molecular weight excluding hydrogens is 458 g/mol. The average molecular weight is 488 g/mol. The van der Waals surface area contributed by atoms with Crippen molar-refractivity contribution in [1.29, 1.82) is 0 Å². The van der Waals surface area contributed by atoms with Gasteiger partial charge in [-0.15, -0.1) is 0 Å². The molecule has 4 rings (SSSR count). The van der Waals surface area contributed by atoms with Crippen LogP contribution in [0.3, 0.4) is 0 Å². The Bertz CT molecular complexity index is 1300. The molecule has 1 amide bonds. The zero-order chi connectivity index (χ0) is 23.4. The normalized spacial score (nSPS) is 15.8. The smallest absolute Gasteiger partial charge is 0.279 e. The van der Waals surface area contributed by atoms with Crippen molar-refractivity contribution < 1.29 is 17.9 Å². The highest BCUT2D eigenvalue weighted by molar-refractivity contribution is 7.89. The van der Waals surface area contributed by atoms with Crippen LogP contribution in [-0.2, 0) is 16.6 Å². The van der Waals surface area contributed by atoms with Crippen molar-refractivity contribution in [3.05, 3.63) is 52.8 Å². The second-order valence-electron chi connectivity index (χ2n) is 7.98. The minimum Gasteiger partial charge on any atom is -0.492 e. The minimum absolute atomic E-state index is 0.213. The Morgan fingerprint density at radius 1 is 1.06 bits per heavy atom. The standard InChI is InChI=1S/C24H29N3O4S2/c1-3-15-27-22-20(31-4-2)9-8-10-21(22)32-24(27)25-23(28)18-11-13-19(14-12-18)33(29,30)26-16-6-5-7-17-26/h8-14H,3-7,15-17H2,1-2H3. The number of thiazole rings is 1. The molecule has 2 aromatic carbocycles. The summed E-state index contributed by atoms with van der Waals surface area (Å²) in [6, 6.07) is 12.0. The molecule has 176 valence electrons. The molecule has 0 unspecified atom stereocenters. The first kappa shape index (κ1) is 23.7. The van der Waals surface area contributed by atoms with E-state index in [0.29, 0.717) is 36.6 Å². The van der Waals surface area contributed by atoms with Crippen LogP contribution in [0.1, 0.15) is 49.9 Å². The van der Waals surface area contributed by atoms with Crippen molar-refractivity contribution in [2.45, 2.75) is 51.0 Å². The molecule has 1 fully saturated rings. The maximum absolute atomic E-state index is 13.0. The Morgan fingerprint density at radius 3 is 2.45 bits per heavy atom. The van der Waals surface area contributed by atoms with E-state index in [1.807, 2.05) is 29.7 Å². The third-order valence-corrected chi connectivity index (χ3v) is 8.62. The van der Waals surface area contributed by atoms with Gasteiger partial charge in [-0.25, -0.2) is 8.42 Å². The summed E-state index contributed by atoms with van der Waals surface area (Å²) in [4.78, 5) is 18.2. The number of carbonyl (C=O) groups excluding carboxylic acids is 1. The Balaban J connectivity index is 1.67. The summed E-state index contributed by atoms with van der Waals surface area (Å²) >= 11 is 1.45. The van der Waals surface area contributed by atoms with Gasteiger partial charge in [-0.05, 0) is 62.6 Å². The van der Waals surface area contributed by atoms with Crippen molar-refractivity contribution in [2.24, 2.45) is 4.99 Å². The highest BCUT2D eigenvalue weighted by Gasteiger charge is 2.26. The Labute approximate surface area is 198 Å². The number of ether oxygens (including phenoxy) is 1. The van der Waals surface area contributed by atoms with Gasteiger partial charge in [-0.2, -0.15) is 9.30 Å². The molecular formula is C24H29N3O4S2. The number of benzene rings is 2. The minimum atomic E-state index is -3.53. The molecule has 0 spiro atoms. The van der Waals surface area contributed by atoms with Crippen molar-refractivity contribution in [3.8, 4) is 5.75 Å². The number of aromatic nitrogens is 1. The number of hydrogen-bond donors (Lipinski definition) is 0. The van der Waals surface area contributed by atoms with E-state index in [-0.39, 0.29) is 4.90 Å². The van der Waals surface area contributed by atoms with Crippen LogP contribution in [0.2, 0.25) is 0 Å².